The molecular weight excluding hydrogens is 222 g/mol. The molecule has 0 aliphatic carbocycles. The molecule has 18 heavy (non-hydrogen) atoms. The van der Waals surface area contributed by atoms with Crippen LogP contribution in [0.5, 0.6) is 0 Å². The summed E-state index contributed by atoms with van der Waals surface area (Å²) in [5, 5.41) is 0. The number of rotatable bonds is 2. The topological polar surface area (TPSA) is 43.1 Å². The summed E-state index contributed by atoms with van der Waals surface area (Å²) in [5.74, 6) is -0.333. The molecule has 1 amide bonds. The van der Waals surface area contributed by atoms with Crippen LogP contribution in [-0.4, -0.2) is 5.91 Å². The Hall–Kier alpha value is -1.31. The van der Waals surface area contributed by atoms with E-state index < -0.39 is 0 Å². The van der Waals surface area contributed by atoms with Gasteiger partial charge in [0, 0.05) is 6.92 Å². The van der Waals surface area contributed by atoms with Crippen LogP contribution in [-0.2, 0) is 4.79 Å². The SMILES string of the molecule is CC(N)=O.CCCCC.Cc1cc(C)cc(C)c1. The van der Waals surface area contributed by atoms with Crippen molar-refractivity contribution in [3.63, 3.8) is 0 Å². The summed E-state index contributed by atoms with van der Waals surface area (Å²) in [6.45, 7) is 12.1. The van der Waals surface area contributed by atoms with E-state index in [1.165, 1.54) is 42.9 Å². The molecule has 0 atom stereocenters. The maximum atomic E-state index is 9.22. The van der Waals surface area contributed by atoms with Crippen molar-refractivity contribution in [2.75, 3.05) is 0 Å². The number of amides is 1. The Morgan fingerprint density at radius 3 is 1.28 bits per heavy atom. The lowest BCUT2D eigenvalue weighted by Crippen LogP contribution is -2.01. The fourth-order valence-electron chi connectivity index (χ4n) is 1.56. The van der Waals surface area contributed by atoms with E-state index in [0.717, 1.165) is 0 Å². The number of unbranched alkanes of at least 4 members (excludes halogenated alkanes) is 2. The molecule has 0 radical (unpaired) electrons. The van der Waals surface area contributed by atoms with Crippen molar-refractivity contribution in [1.29, 1.82) is 0 Å². The normalized spacial score (nSPS) is 8.56. The predicted octanol–water partition coefficient (Wildman–Crippen LogP) is 4.30. The first-order chi connectivity index (χ1) is 8.33. The molecule has 0 aromatic heterocycles. The maximum Gasteiger partial charge on any atom is 0.214 e. The molecule has 0 unspecified atom stereocenters. The summed E-state index contributed by atoms with van der Waals surface area (Å²) < 4.78 is 0. The van der Waals surface area contributed by atoms with Gasteiger partial charge in [-0.05, 0) is 20.8 Å². The minimum Gasteiger partial charge on any atom is -0.370 e. The average Bonchev–Trinajstić information content (AvgIpc) is 2.16. The summed E-state index contributed by atoms with van der Waals surface area (Å²) in [7, 11) is 0. The van der Waals surface area contributed by atoms with Crippen molar-refractivity contribution < 1.29 is 4.79 Å². The summed E-state index contributed by atoms with van der Waals surface area (Å²) >= 11 is 0. The van der Waals surface area contributed by atoms with Gasteiger partial charge in [0.25, 0.3) is 0 Å². The second-order valence-electron chi connectivity index (χ2n) is 4.63. The lowest BCUT2D eigenvalue weighted by molar-refractivity contribution is -0.115. The fraction of sp³-hybridized carbons (Fsp3) is 0.562. The quantitative estimate of drug-likeness (QED) is 0.836. The number of primary amides is 1. The standard InChI is InChI=1S/C9H12.C5H12.C2H5NO/c1-7-4-8(2)6-9(3)5-7;1-3-5-4-2;1-2(3)4/h4-6H,1-3H3;3-5H2,1-2H3;1H3,(H2,3,4). The van der Waals surface area contributed by atoms with Gasteiger partial charge in [-0.2, -0.15) is 0 Å². The Morgan fingerprint density at radius 1 is 0.944 bits per heavy atom. The Morgan fingerprint density at radius 2 is 1.17 bits per heavy atom. The van der Waals surface area contributed by atoms with Crippen molar-refractivity contribution in [3.8, 4) is 0 Å². The van der Waals surface area contributed by atoms with Crippen LogP contribution in [0.3, 0.4) is 0 Å². The zero-order valence-corrected chi connectivity index (χ0v) is 12.8. The molecule has 104 valence electrons. The fourth-order valence-corrected chi connectivity index (χ4v) is 1.56. The Labute approximate surface area is 113 Å². The number of nitrogens with two attached hydrogens (primary N) is 1. The third kappa shape index (κ3) is 17.1. The van der Waals surface area contributed by atoms with Crippen molar-refractivity contribution in [1.82, 2.24) is 0 Å². The zero-order valence-electron chi connectivity index (χ0n) is 12.8. The second-order valence-corrected chi connectivity index (χ2v) is 4.63. The average molecular weight is 251 g/mol. The van der Waals surface area contributed by atoms with E-state index in [1.54, 1.807) is 0 Å². The van der Waals surface area contributed by atoms with Crippen molar-refractivity contribution in [2.24, 2.45) is 5.73 Å². The van der Waals surface area contributed by atoms with Crippen molar-refractivity contribution >= 4 is 5.91 Å². The van der Waals surface area contributed by atoms with Crippen LogP contribution in [0.1, 0.15) is 56.7 Å². The molecule has 2 heteroatoms. The minimum absolute atomic E-state index is 0.333. The van der Waals surface area contributed by atoms with Gasteiger partial charge in [0.1, 0.15) is 0 Å². The molecule has 0 aliphatic rings. The highest BCUT2D eigenvalue weighted by Crippen LogP contribution is 2.06. The predicted molar refractivity (Wildman–Crippen MR) is 80.7 cm³/mol. The molecule has 0 heterocycles. The third-order valence-corrected chi connectivity index (χ3v) is 2.07. The van der Waals surface area contributed by atoms with Gasteiger partial charge in [0.15, 0.2) is 0 Å². The lowest BCUT2D eigenvalue weighted by Gasteiger charge is -1.96. The van der Waals surface area contributed by atoms with Crippen LogP contribution < -0.4 is 5.73 Å². The molecule has 1 aromatic rings. The number of hydrogen-bond donors (Lipinski definition) is 1. The van der Waals surface area contributed by atoms with Crippen LogP contribution in [0, 0.1) is 20.8 Å². The van der Waals surface area contributed by atoms with E-state index in [4.69, 9.17) is 0 Å². The molecule has 0 saturated carbocycles. The number of aryl methyl sites for hydroxylation is 3. The van der Waals surface area contributed by atoms with Gasteiger partial charge >= 0.3 is 0 Å². The monoisotopic (exact) mass is 251 g/mol. The highest BCUT2D eigenvalue weighted by molar-refractivity contribution is 5.70. The molecule has 2 nitrogen and oxygen atoms in total. The van der Waals surface area contributed by atoms with E-state index in [-0.39, 0.29) is 5.91 Å². The number of carbonyl (C=O) groups is 1. The number of carbonyl (C=O) groups excluding carboxylic acids is 1. The van der Waals surface area contributed by atoms with Crippen LogP contribution in [0.25, 0.3) is 0 Å². The van der Waals surface area contributed by atoms with E-state index in [9.17, 15) is 4.79 Å². The first-order valence-corrected chi connectivity index (χ1v) is 6.64. The van der Waals surface area contributed by atoms with Crippen LogP contribution in [0.15, 0.2) is 18.2 Å². The Bertz CT molecular complexity index is 275. The van der Waals surface area contributed by atoms with Gasteiger partial charge in [-0.1, -0.05) is 68.0 Å². The van der Waals surface area contributed by atoms with E-state index in [2.05, 4.69) is 58.6 Å². The van der Waals surface area contributed by atoms with Crippen LogP contribution in [0.4, 0.5) is 0 Å². The van der Waals surface area contributed by atoms with Crippen LogP contribution in [0.2, 0.25) is 0 Å². The Kier molecular flexibility index (Phi) is 12.9. The van der Waals surface area contributed by atoms with Crippen molar-refractivity contribution in [2.45, 2.75) is 60.8 Å². The number of hydrogen-bond acceptors (Lipinski definition) is 1. The summed E-state index contributed by atoms with van der Waals surface area (Å²) in [5.41, 5.74) is 8.53. The highest BCUT2D eigenvalue weighted by Gasteiger charge is 1.87. The molecule has 2 N–H and O–H groups in total. The minimum atomic E-state index is -0.333. The third-order valence-electron chi connectivity index (χ3n) is 2.07. The van der Waals surface area contributed by atoms with E-state index in [1.807, 2.05) is 0 Å². The molecule has 1 aromatic carbocycles. The molecule has 0 spiro atoms. The maximum absolute atomic E-state index is 9.22. The molecule has 0 fully saturated rings. The molecule has 0 bridgehead atoms. The van der Waals surface area contributed by atoms with E-state index >= 15 is 0 Å². The van der Waals surface area contributed by atoms with Gasteiger partial charge in [-0.3, -0.25) is 4.79 Å². The van der Waals surface area contributed by atoms with Crippen LogP contribution >= 0.6 is 0 Å². The smallest absolute Gasteiger partial charge is 0.214 e. The van der Waals surface area contributed by atoms with Crippen molar-refractivity contribution in [3.05, 3.63) is 34.9 Å². The first kappa shape index (κ1) is 19.0. The summed E-state index contributed by atoms with van der Waals surface area (Å²) in [6, 6.07) is 6.56. The van der Waals surface area contributed by atoms with Gasteiger partial charge in [0.05, 0.1) is 0 Å². The van der Waals surface area contributed by atoms with E-state index in [0.29, 0.717) is 0 Å². The summed E-state index contributed by atoms with van der Waals surface area (Å²) in [4.78, 5) is 9.22. The zero-order chi connectivity index (χ0) is 14.6. The molecule has 0 aliphatic heterocycles. The molecule has 0 saturated heterocycles. The lowest BCUT2D eigenvalue weighted by atomic mass is 10.1. The van der Waals surface area contributed by atoms with Gasteiger partial charge in [-0.15, -0.1) is 0 Å². The largest absolute Gasteiger partial charge is 0.370 e. The Balaban J connectivity index is 0. The van der Waals surface area contributed by atoms with Gasteiger partial charge in [-0.25, -0.2) is 0 Å². The second kappa shape index (κ2) is 12.2. The van der Waals surface area contributed by atoms with Gasteiger partial charge in [0.2, 0.25) is 5.91 Å². The summed E-state index contributed by atoms with van der Waals surface area (Å²) in [6.07, 6.45) is 4.08. The van der Waals surface area contributed by atoms with Gasteiger partial charge < -0.3 is 5.73 Å². The highest BCUT2D eigenvalue weighted by atomic mass is 16.1. The first-order valence-electron chi connectivity index (χ1n) is 6.64. The molecule has 1 rings (SSSR count). The number of benzene rings is 1. The molecular formula is C16H29NO.